The molecule has 0 saturated carbocycles. The third-order valence-corrected chi connectivity index (χ3v) is 3.75. The number of carbonyl (C=O) groups is 1. The molecular weight excluding hydrogens is 276 g/mol. The Bertz CT molecular complexity index is 479. The van der Waals surface area contributed by atoms with E-state index in [2.05, 4.69) is 17.6 Å². The largest absolute Gasteiger partial charge is 0.491 e. The maximum absolute atomic E-state index is 12.3. The van der Waals surface area contributed by atoms with Crippen molar-refractivity contribution in [3.05, 3.63) is 23.2 Å². The van der Waals surface area contributed by atoms with E-state index in [1.54, 1.807) is 18.2 Å². The summed E-state index contributed by atoms with van der Waals surface area (Å²) in [6, 6.07) is 5.30. The van der Waals surface area contributed by atoms with Crippen LogP contribution in [0.1, 0.15) is 20.3 Å². The molecule has 1 fully saturated rings. The van der Waals surface area contributed by atoms with Crippen molar-refractivity contribution in [1.29, 1.82) is 0 Å². The SMILES string of the molecule is CCCOc1ccc(Cl)cc1NC(=O)C1CNCC1C. The van der Waals surface area contributed by atoms with Crippen LogP contribution in [-0.2, 0) is 4.79 Å². The van der Waals surface area contributed by atoms with Crippen molar-refractivity contribution in [3.8, 4) is 5.75 Å². The molecule has 0 spiro atoms. The van der Waals surface area contributed by atoms with E-state index in [0.29, 0.717) is 29.0 Å². The Kier molecular flexibility index (Phi) is 5.26. The molecule has 1 aromatic rings. The van der Waals surface area contributed by atoms with E-state index in [0.717, 1.165) is 19.5 Å². The van der Waals surface area contributed by atoms with Gasteiger partial charge in [0.1, 0.15) is 5.75 Å². The minimum absolute atomic E-state index is 0.00648. The summed E-state index contributed by atoms with van der Waals surface area (Å²) in [5.74, 6) is 1.02. The van der Waals surface area contributed by atoms with Crippen LogP contribution in [-0.4, -0.2) is 25.6 Å². The Morgan fingerprint density at radius 3 is 2.95 bits per heavy atom. The van der Waals surface area contributed by atoms with Gasteiger partial charge in [-0.3, -0.25) is 4.79 Å². The molecule has 2 rings (SSSR count). The van der Waals surface area contributed by atoms with Gasteiger partial charge in [0.25, 0.3) is 0 Å². The number of carbonyl (C=O) groups excluding carboxylic acids is 1. The van der Waals surface area contributed by atoms with Crippen molar-refractivity contribution in [2.45, 2.75) is 20.3 Å². The first-order valence-electron chi connectivity index (χ1n) is 7.05. The molecule has 0 bridgehead atoms. The number of ether oxygens (including phenoxy) is 1. The highest BCUT2D eigenvalue weighted by atomic mass is 35.5. The molecule has 1 aliphatic heterocycles. The van der Waals surface area contributed by atoms with Gasteiger partial charge in [0, 0.05) is 11.6 Å². The lowest BCUT2D eigenvalue weighted by atomic mass is 9.97. The minimum Gasteiger partial charge on any atom is -0.491 e. The summed E-state index contributed by atoms with van der Waals surface area (Å²) < 4.78 is 5.64. The fourth-order valence-corrected chi connectivity index (χ4v) is 2.50. The lowest BCUT2D eigenvalue weighted by Gasteiger charge is -2.17. The zero-order valence-corrected chi connectivity index (χ0v) is 12.7. The first kappa shape index (κ1) is 15.1. The molecule has 20 heavy (non-hydrogen) atoms. The topological polar surface area (TPSA) is 50.4 Å². The number of amides is 1. The highest BCUT2D eigenvalue weighted by Gasteiger charge is 2.29. The van der Waals surface area contributed by atoms with Crippen molar-refractivity contribution in [2.75, 3.05) is 25.0 Å². The third-order valence-electron chi connectivity index (χ3n) is 3.52. The molecule has 1 heterocycles. The Balaban J connectivity index is 2.10. The van der Waals surface area contributed by atoms with Gasteiger partial charge in [-0.1, -0.05) is 25.4 Å². The predicted octanol–water partition coefficient (Wildman–Crippen LogP) is 2.92. The highest BCUT2D eigenvalue weighted by molar-refractivity contribution is 6.31. The number of nitrogens with one attached hydrogen (secondary N) is 2. The fraction of sp³-hybridized carbons (Fsp3) is 0.533. The molecule has 2 unspecified atom stereocenters. The maximum Gasteiger partial charge on any atom is 0.229 e. The number of anilines is 1. The van der Waals surface area contributed by atoms with Crippen molar-refractivity contribution in [1.82, 2.24) is 5.32 Å². The Hall–Kier alpha value is -1.26. The lowest BCUT2D eigenvalue weighted by molar-refractivity contribution is -0.120. The quantitative estimate of drug-likeness (QED) is 0.878. The second-order valence-electron chi connectivity index (χ2n) is 5.22. The minimum atomic E-state index is -0.00648. The van der Waals surface area contributed by atoms with Crippen molar-refractivity contribution >= 4 is 23.2 Å². The van der Waals surface area contributed by atoms with Crippen LogP contribution in [0.2, 0.25) is 5.02 Å². The van der Waals surface area contributed by atoms with Gasteiger partial charge < -0.3 is 15.4 Å². The molecular formula is C15H21ClN2O2. The van der Waals surface area contributed by atoms with Crippen LogP contribution < -0.4 is 15.4 Å². The third kappa shape index (κ3) is 3.64. The molecule has 0 aromatic heterocycles. The van der Waals surface area contributed by atoms with Gasteiger partial charge in [-0.15, -0.1) is 0 Å². The zero-order chi connectivity index (χ0) is 14.5. The van der Waals surface area contributed by atoms with Gasteiger partial charge >= 0.3 is 0 Å². The van der Waals surface area contributed by atoms with E-state index < -0.39 is 0 Å². The average molecular weight is 297 g/mol. The van der Waals surface area contributed by atoms with E-state index in [4.69, 9.17) is 16.3 Å². The summed E-state index contributed by atoms with van der Waals surface area (Å²) in [7, 11) is 0. The first-order chi connectivity index (χ1) is 9.61. The first-order valence-corrected chi connectivity index (χ1v) is 7.43. The molecule has 2 N–H and O–H groups in total. The Labute approximate surface area is 124 Å². The number of rotatable bonds is 5. The zero-order valence-electron chi connectivity index (χ0n) is 11.9. The van der Waals surface area contributed by atoms with Gasteiger partial charge in [0.05, 0.1) is 18.2 Å². The molecule has 1 saturated heterocycles. The van der Waals surface area contributed by atoms with Crippen molar-refractivity contribution in [3.63, 3.8) is 0 Å². The lowest BCUT2D eigenvalue weighted by Crippen LogP contribution is -2.28. The van der Waals surface area contributed by atoms with E-state index in [-0.39, 0.29) is 11.8 Å². The van der Waals surface area contributed by atoms with Crippen LogP contribution in [0, 0.1) is 11.8 Å². The van der Waals surface area contributed by atoms with Crippen LogP contribution in [0.3, 0.4) is 0 Å². The molecule has 110 valence electrons. The Morgan fingerprint density at radius 2 is 2.30 bits per heavy atom. The van der Waals surface area contributed by atoms with E-state index in [1.165, 1.54) is 0 Å². The van der Waals surface area contributed by atoms with Gasteiger partial charge in [0.15, 0.2) is 0 Å². The number of hydrogen-bond acceptors (Lipinski definition) is 3. The van der Waals surface area contributed by atoms with Gasteiger partial charge in [-0.2, -0.15) is 0 Å². The molecule has 2 atom stereocenters. The van der Waals surface area contributed by atoms with Gasteiger partial charge in [0.2, 0.25) is 5.91 Å². The normalized spacial score (nSPS) is 21.8. The maximum atomic E-state index is 12.3. The summed E-state index contributed by atoms with van der Waals surface area (Å²) in [5, 5.41) is 6.76. The number of halogens is 1. The summed E-state index contributed by atoms with van der Waals surface area (Å²) in [6.07, 6.45) is 0.916. The summed E-state index contributed by atoms with van der Waals surface area (Å²) in [6.45, 7) is 6.34. The number of benzene rings is 1. The average Bonchev–Trinajstić information content (AvgIpc) is 2.84. The van der Waals surface area contributed by atoms with Crippen LogP contribution in [0.4, 0.5) is 5.69 Å². The second-order valence-corrected chi connectivity index (χ2v) is 5.66. The molecule has 1 aliphatic rings. The summed E-state index contributed by atoms with van der Waals surface area (Å²) in [4.78, 5) is 12.3. The monoisotopic (exact) mass is 296 g/mol. The molecule has 1 aromatic carbocycles. The molecule has 0 aliphatic carbocycles. The predicted molar refractivity (Wildman–Crippen MR) is 81.4 cm³/mol. The molecule has 1 amide bonds. The van der Waals surface area contributed by atoms with E-state index in [1.807, 2.05) is 6.92 Å². The Morgan fingerprint density at radius 1 is 1.50 bits per heavy atom. The standard InChI is InChI=1S/C15H21ClN2O2/c1-3-6-20-14-5-4-11(16)7-13(14)18-15(19)12-9-17-8-10(12)2/h4-5,7,10,12,17H,3,6,8-9H2,1-2H3,(H,18,19). The van der Waals surface area contributed by atoms with Crippen LogP contribution in [0.15, 0.2) is 18.2 Å². The van der Waals surface area contributed by atoms with Gasteiger partial charge in [-0.25, -0.2) is 0 Å². The number of hydrogen-bond donors (Lipinski definition) is 2. The molecule has 5 heteroatoms. The van der Waals surface area contributed by atoms with Gasteiger partial charge in [-0.05, 0) is 37.1 Å². The smallest absolute Gasteiger partial charge is 0.229 e. The van der Waals surface area contributed by atoms with Crippen molar-refractivity contribution in [2.24, 2.45) is 11.8 Å². The van der Waals surface area contributed by atoms with Crippen LogP contribution in [0.5, 0.6) is 5.75 Å². The summed E-state index contributed by atoms with van der Waals surface area (Å²) in [5.41, 5.74) is 0.648. The van der Waals surface area contributed by atoms with E-state index >= 15 is 0 Å². The van der Waals surface area contributed by atoms with Crippen LogP contribution in [0.25, 0.3) is 0 Å². The summed E-state index contributed by atoms with van der Waals surface area (Å²) >= 11 is 6.00. The second kappa shape index (κ2) is 6.95. The molecule has 0 radical (unpaired) electrons. The van der Waals surface area contributed by atoms with Crippen molar-refractivity contribution < 1.29 is 9.53 Å². The van der Waals surface area contributed by atoms with E-state index in [9.17, 15) is 4.79 Å². The van der Waals surface area contributed by atoms with Crippen LogP contribution >= 0.6 is 11.6 Å². The highest BCUT2D eigenvalue weighted by Crippen LogP contribution is 2.29. The molecule has 4 nitrogen and oxygen atoms in total. The fourth-order valence-electron chi connectivity index (χ4n) is 2.32.